The van der Waals surface area contributed by atoms with Gasteiger partial charge in [-0.1, -0.05) is 24.3 Å². The van der Waals surface area contributed by atoms with Crippen molar-refractivity contribution in [1.82, 2.24) is 20.5 Å². The van der Waals surface area contributed by atoms with Crippen LogP contribution < -0.4 is 20.3 Å². The first kappa shape index (κ1) is 29.7. The van der Waals surface area contributed by atoms with Gasteiger partial charge in [0.2, 0.25) is 5.91 Å². The van der Waals surface area contributed by atoms with E-state index in [0.29, 0.717) is 19.0 Å². The number of piperidine rings is 1. The lowest BCUT2D eigenvalue weighted by atomic mass is 9.97. The van der Waals surface area contributed by atoms with Crippen molar-refractivity contribution in [3.63, 3.8) is 0 Å². The Morgan fingerprint density at radius 1 is 1.11 bits per heavy atom. The normalized spacial score (nSPS) is 24.8. The molecular weight excluding hydrogens is 588 g/mol. The highest BCUT2D eigenvalue weighted by atomic mass is 32.2. The monoisotopic (exact) mass is 626 g/mol. The summed E-state index contributed by atoms with van der Waals surface area (Å²) in [5.74, 6) is 0.685. The molecule has 4 amide bonds. The van der Waals surface area contributed by atoms with Crippen molar-refractivity contribution in [1.29, 1.82) is 5.26 Å². The molecule has 7 rings (SSSR count). The Morgan fingerprint density at radius 2 is 1.93 bits per heavy atom. The van der Waals surface area contributed by atoms with Crippen molar-refractivity contribution in [3.8, 4) is 11.8 Å². The number of allylic oxidation sites excluding steroid dienone is 1. The molecule has 234 valence electrons. The number of amides is 4. The number of hydrogen-bond acceptors (Lipinski definition) is 7. The molecule has 2 aromatic rings. The Morgan fingerprint density at radius 3 is 2.69 bits per heavy atom. The number of nitrogens with zero attached hydrogens (tertiary/aromatic N) is 4. The Hall–Kier alpha value is -4.04. The predicted octanol–water partition coefficient (Wildman–Crippen LogP) is 5.45. The third kappa shape index (κ3) is 6.00. The van der Waals surface area contributed by atoms with Crippen molar-refractivity contribution in [3.05, 3.63) is 53.2 Å². The standard InChI is InChI=1S/C34H38N6O4S/c1-20-16-25(44-24-7-3-2-4-8-24)11-12-26(20)40-27-13-14-36-32-28(27)29(38-34(40)43)30(45-32)31(41)37-23-6-5-15-39(19-23)33(42)22(18-35)17-21-9-10-21/h11-14,16-17,21,23-24,29-30H,2-10,15,19H2,1H3,(H,37,41)(H,38,43)/b22-17+/t23?,29?,30-/m1/s1. The van der Waals surface area contributed by atoms with Crippen LogP contribution in [0.5, 0.6) is 5.75 Å². The number of carbonyl (C=O) groups excluding carboxylic acids is 3. The van der Waals surface area contributed by atoms with E-state index in [0.717, 1.165) is 71.8 Å². The van der Waals surface area contributed by atoms with E-state index in [9.17, 15) is 19.6 Å². The van der Waals surface area contributed by atoms with E-state index in [-0.39, 0.29) is 35.6 Å². The number of ether oxygens (including phenoxy) is 1. The van der Waals surface area contributed by atoms with Crippen molar-refractivity contribution in [2.45, 2.75) is 93.2 Å². The molecule has 2 N–H and O–H groups in total. The smallest absolute Gasteiger partial charge is 0.327 e. The number of likely N-dealkylation sites (tertiary alicyclic amines) is 1. The number of aryl methyl sites for hydroxylation is 1. The van der Waals surface area contributed by atoms with Crippen LogP contribution in [0.1, 0.15) is 75.0 Å². The van der Waals surface area contributed by atoms with Crippen LogP contribution in [0.4, 0.5) is 16.2 Å². The van der Waals surface area contributed by atoms with Gasteiger partial charge in [-0.05, 0) is 94.0 Å². The molecule has 1 aromatic carbocycles. The van der Waals surface area contributed by atoms with E-state index < -0.39 is 11.3 Å². The summed E-state index contributed by atoms with van der Waals surface area (Å²) >= 11 is 1.36. The zero-order valence-electron chi connectivity index (χ0n) is 25.5. The van der Waals surface area contributed by atoms with Gasteiger partial charge in [-0.2, -0.15) is 5.26 Å². The highest BCUT2D eigenvalue weighted by Gasteiger charge is 2.47. The number of hydrogen-bond donors (Lipinski definition) is 2. The maximum atomic E-state index is 13.7. The van der Waals surface area contributed by atoms with Gasteiger partial charge in [-0.3, -0.25) is 14.5 Å². The van der Waals surface area contributed by atoms with Gasteiger partial charge in [0.25, 0.3) is 5.91 Å². The highest BCUT2D eigenvalue weighted by molar-refractivity contribution is 8.01. The van der Waals surface area contributed by atoms with Crippen molar-refractivity contribution in [2.75, 3.05) is 18.0 Å². The summed E-state index contributed by atoms with van der Waals surface area (Å²) in [5, 5.41) is 15.9. The molecule has 4 heterocycles. The first-order valence-corrected chi connectivity index (χ1v) is 17.0. The zero-order valence-corrected chi connectivity index (χ0v) is 26.3. The quantitative estimate of drug-likeness (QED) is 0.309. The molecule has 11 heteroatoms. The lowest BCUT2D eigenvalue weighted by molar-refractivity contribution is -0.129. The van der Waals surface area contributed by atoms with Crippen molar-refractivity contribution >= 4 is 41.0 Å². The van der Waals surface area contributed by atoms with Crippen LogP contribution in [-0.4, -0.2) is 58.2 Å². The summed E-state index contributed by atoms with van der Waals surface area (Å²) in [7, 11) is 0. The largest absolute Gasteiger partial charge is 0.490 e. The van der Waals surface area contributed by atoms with Crippen LogP contribution in [0.15, 0.2) is 47.1 Å². The van der Waals surface area contributed by atoms with E-state index >= 15 is 0 Å². The minimum absolute atomic E-state index is 0.195. The number of nitrogens with one attached hydrogen (secondary N) is 2. The number of urea groups is 1. The maximum Gasteiger partial charge on any atom is 0.327 e. The molecule has 3 atom stereocenters. The summed E-state index contributed by atoms with van der Waals surface area (Å²) in [6.07, 6.45) is 13.0. The van der Waals surface area contributed by atoms with Crippen LogP contribution in [0.25, 0.3) is 0 Å². The lowest BCUT2D eigenvalue weighted by Crippen LogP contribution is -2.54. The van der Waals surface area contributed by atoms with Gasteiger partial charge < -0.3 is 20.3 Å². The van der Waals surface area contributed by atoms with Crippen molar-refractivity contribution in [2.24, 2.45) is 5.92 Å². The number of pyridine rings is 1. The fourth-order valence-corrected chi connectivity index (χ4v) is 8.22. The zero-order chi connectivity index (χ0) is 31.1. The van der Waals surface area contributed by atoms with Gasteiger partial charge >= 0.3 is 6.03 Å². The van der Waals surface area contributed by atoms with Gasteiger partial charge in [-0.25, -0.2) is 9.78 Å². The average Bonchev–Trinajstić information content (AvgIpc) is 3.80. The number of rotatable bonds is 7. The lowest BCUT2D eigenvalue weighted by Gasteiger charge is -2.36. The van der Waals surface area contributed by atoms with Gasteiger partial charge in [-0.15, -0.1) is 0 Å². The number of aromatic nitrogens is 1. The summed E-state index contributed by atoms with van der Waals surface area (Å²) in [6, 6.07) is 8.71. The number of anilines is 2. The molecule has 10 nitrogen and oxygen atoms in total. The summed E-state index contributed by atoms with van der Waals surface area (Å²) in [4.78, 5) is 48.4. The second kappa shape index (κ2) is 12.4. The second-order valence-electron chi connectivity index (χ2n) is 12.8. The molecule has 0 bridgehead atoms. The average molecular weight is 627 g/mol. The number of thioether (sulfide) groups is 1. The first-order valence-electron chi connectivity index (χ1n) is 16.1. The first-order chi connectivity index (χ1) is 21.9. The highest BCUT2D eigenvalue weighted by Crippen LogP contribution is 2.51. The van der Waals surface area contributed by atoms with Crippen LogP contribution in [0, 0.1) is 24.2 Å². The topological polar surface area (TPSA) is 128 Å². The Labute approximate surface area is 267 Å². The molecule has 1 saturated heterocycles. The minimum Gasteiger partial charge on any atom is -0.490 e. The Bertz CT molecular complexity index is 1590. The molecule has 3 fully saturated rings. The van der Waals surface area contributed by atoms with E-state index in [2.05, 4.69) is 21.7 Å². The SMILES string of the molecule is Cc1cc(OC2CCCCC2)ccc1N1C(=O)NC2c3c1ccnc3S[C@H]2C(=O)NC1CCCN(C(=O)/C(C#N)=C/C2CC2)C1. The van der Waals surface area contributed by atoms with E-state index in [1.165, 1.54) is 31.0 Å². The molecule has 0 spiro atoms. The van der Waals surface area contributed by atoms with Gasteiger partial charge in [0.15, 0.2) is 0 Å². The second-order valence-corrected chi connectivity index (χ2v) is 13.9. The summed E-state index contributed by atoms with van der Waals surface area (Å²) < 4.78 is 6.26. The fourth-order valence-electron chi connectivity index (χ4n) is 6.98. The molecule has 2 unspecified atom stereocenters. The third-order valence-corrected chi connectivity index (χ3v) is 10.7. The van der Waals surface area contributed by atoms with E-state index in [1.54, 1.807) is 22.1 Å². The van der Waals surface area contributed by atoms with Crippen molar-refractivity contribution < 1.29 is 19.1 Å². The molecule has 5 aliphatic rings. The minimum atomic E-state index is -0.595. The summed E-state index contributed by atoms with van der Waals surface area (Å²) in [5.41, 5.74) is 3.44. The van der Waals surface area contributed by atoms with Crippen LogP contribution >= 0.6 is 11.8 Å². The molecule has 0 radical (unpaired) electrons. The predicted molar refractivity (Wildman–Crippen MR) is 170 cm³/mol. The number of nitriles is 1. The van der Waals surface area contributed by atoms with E-state index in [4.69, 9.17) is 4.74 Å². The summed E-state index contributed by atoms with van der Waals surface area (Å²) in [6.45, 7) is 2.90. The third-order valence-electron chi connectivity index (χ3n) is 9.46. The van der Waals surface area contributed by atoms with Gasteiger partial charge in [0.05, 0.1) is 23.5 Å². The van der Waals surface area contributed by atoms with Gasteiger partial charge in [0.1, 0.15) is 27.7 Å². The van der Waals surface area contributed by atoms with Crippen LogP contribution in [0.3, 0.4) is 0 Å². The molecular formula is C34H38N6O4S. The molecule has 2 saturated carbocycles. The van der Waals surface area contributed by atoms with E-state index in [1.807, 2.05) is 31.2 Å². The molecule has 3 aliphatic heterocycles. The molecule has 2 aliphatic carbocycles. The Balaban J connectivity index is 1.05. The van der Waals surface area contributed by atoms with Crippen LogP contribution in [-0.2, 0) is 9.59 Å². The molecule has 1 aromatic heterocycles. The number of carbonyl (C=O) groups is 3. The van der Waals surface area contributed by atoms with Crippen LogP contribution in [0.2, 0.25) is 0 Å². The maximum absolute atomic E-state index is 13.7. The fraction of sp³-hybridized carbons (Fsp3) is 0.500. The van der Waals surface area contributed by atoms with Gasteiger partial charge in [0, 0.05) is 30.9 Å². The Kier molecular flexibility index (Phi) is 8.17. The number of benzene rings is 1. The molecule has 45 heavy (non-hydrogen) atoms.